The van der Waals surface area contributed by atoms with E-state index in [1.54, 1.807) is 0 Å². The van der Waals surface area contributed by atoms with Gasteiger partial charge in [0.15, 0.2) is 6.23 Å². The molecule has 1 N–H and O–H groups in total. The monoisotopic (exact) mass is 334 g/mol. The predicted molar refractivity (Wildman–Crippen MR) is 73.0 cm³/mol. The summed E-state index contributed by atoms with van der Waals surface area (Å²) in [5, 5.41) is 14.8. The molecule has 2 amide bonds. The van der Waals surface area contributed by atoms with Crippen LogP contribution in [0.2, 0.25) is 0 Å². The summed E-state index contributed by atoms with van der Waals surface area (Å²) in [7, 11) is 0. The van der Waals surface area contributed by atoms with E-state index in [0.717, 1.165) is 11.3 Å². The number of nitrogens with zero attached hydrogens (tertiary/aromatic N) is 4. The highest BCUT2D eigenvalue weighted by atomic mass is 32.1. The van der Waals surface area contributed by atoms with E-state index in [9.17, 15) is 23.1 Å². The molecule has 2 atom stereocenters. The van der Waals surface area contributed by atoms with Gasteiger partial charge in [-0.1, -0.05) is 30.6 Å². The number of β-amino-alcohol motifs (C(OH)–C–C–N with tert-alkyl or cyclic N) is 1. The van der Waals surface area contributed by atoms with Crippen molar-refractivity contribution in [2.75, 3.05) is 11.4 Å². The molecule has 6 nitrogen and oxygen atoms in total. The lowest BCUT2D eigenvalue weighted by Crippen LogP contribution is -2.39. The quantitative estimate of drug-likeness (QED) is 0.854. The molecule has 0 aromatic carbocycles. The van der Waals surface area contributed by atoms with Crippen molar-refractivity contribution in [3.05, 3.63) is 5.01 Å². The van der Waals surface area contributed by atoms with Gasteiger partial charge in [-0.15, -0.1) is 16.6 Å². The lowest BCUT2D eigenvalue weighted by molar-refractivity contribution is -0.138. The van der Waals surface area contributed by atoms with Gasteiger partial charge in [-0.05, 0) is 6.42 Å². The standard InChI is InChI=1S/C12H13F3N4O2S/c1-3-5-7(4-2)18-6-8(20)19(11(18)21)10-17-16-9(22-10)12(13,14)15/h2,7-8,20H,3,5-6H2,1H3. The molecule has 2 heterocycles. The zero-order valence-electron chi connectivity index (χ0n) is 11.5. The summed E-state index contributed by atoms with van der Waals surface area (Å²) in [5.41, 5.74) is 0. The third-order valence-electron chi connectivity index (χ3n) is 3.10. The number of terminal acetylenes is 1. The van der Waals surface area contributed by atoms with Crippen molar-refractivity contribution < 1.29 is 23.1 Å². The summed E-state index contributed by atoms with van der Waals surface area (Å²) in [6.45, 7) is 1.80. The van der Waals surface area contributed by atoms with Crippen LogP contribution in [0.5, 0.6) is 0 Å². The summed E-state index contributed by atoms with van der Waals surface area (Å²) in [6, 6.07) is -1.19. The van der Waals surface area contributed by atoms with Crippen molar-refractivity contribution in [2.45, 2.75) is 38.2 Å². The van der Waals surface area contributed by atoms with Crippen molar-refractivity contribution >= 4 is 22.5 Å². The number of carbonyl (C=O) groups is 1. The molecule has 0 saturated carbocycles. The Balaban J connectivity index is 2.24. The fourth-order valence-corrected chi connectivity index (χ4v) is 2.85. The van der Waals surface area contributed by atoms with Crippen LogP contribution in [0.15, 0.2) is 0 Å². The SMILES string of the molecule is C#CC(CCC)N1CC(O)N(c2nnc(C(F)(F)F)s2)C1=O. The lowest BCUT2D eigenvalue weighted by atomic mass is 10.1. The lowest BCUT2D eigenvalue weighted by Gasteiger charge is -2.22. The van der Waals surface area contributed by atoms with Gasteiger partial charge < -0.3 is 10.0 Å². The summed E-state index contributed by atoms with van der Waals surface area (Å²) >= 11 is 0.199. The predicted octanol–water partition coefficient (Wildman–Crippen LogP) is 1.92. The van der Waals surface area contributed by atoms with Gasteiger partial charge in [0, 0.05) is 0 Å². The van der Waals surface area contributed by atoms with Crippen LogP contribution in [0.4, 0.5) is 23.1 Å². The van der Waals surface area contributed by atoms with Crippen LogP contribution < -0.4 is 4.90 Å². The van der Waals surface area contributed by atoms with E-state index < -0.39 is 29.5 Å². The number of rotatable bonds is 4. The molecule has 2 unspecified atom stereocenters. The molecule has 1 aromatic rings. The van der Waals surface area contributed by atoms with Crippen LogP contribution in [-0.2, 0) is 6.18 Å². The Morgan fingerprint density at radius 2 is 2.23 bits per heavy atom. The molecule has 1 aliphatic rings. The maximum Gasteiger partial charge on any atom is 0.445 e. The van der Waals surface area contributed by atoms with Gasteiger partial charge >= 0.3 is 12.2 Å². The van der Waals surface area contributed by atoms with Crippen molar-refractivity contribution in [3.8, 4) is 12.3 Å². The van der Waals surface area contributed by atoms with Gasteiger partial charge in [0.1, 0.15) is 0 Å². The van der Waals surface area contributed by atoms with E-state index in [2.05, 4.69) is 16.1 Å². The number of alkyl halides is 3. The first-order chi connectivity index (χ1) is 10.3. The minimum atomic E-state index is -4.65. The Bertz CT molecular complexity index is 598. The number of carbonyl (C=O) groups excluding carboxylic acids is 1. The molecule has 2 rings (SSSR count). The van der Waals surface area contributed by atoms with Crippen molar-refractivity contribution in [1.82, 2.24) is 15.1 Å². The molecule has 10 heteroatoms. The normalized spacial score (nSPS) is 20.4. The number of hydrogen-bond acceptors (Lipinski definition) is 5. The van der Waals surface area contributed by atoms with Crippen molar-refractivity contribution in [1.29, 1.82) is 0 Å². The average Bonchev–Trinajstić information content (AvgIpc) is 3.01. The van der Waals surface area contributed by atoms with Crippen molar-refractivity contribution in [2.24, 2.45) is 0 Å². The Morgan fingerprint density at radius 1 is 1.55 bits per heavy atom. The number of aliphatic hydroxyl groups excluding tert-OH is 1. The van der Waals surface area contributed by atoms with Gasteiger partial charge in [-0.3, -0.25) is 0 Å². The van der Waals surface area contributed by atoms with E-state index in [4.69, 9.17) is 6.42 Å². The van der Waals surface area contributed by atoms with Crippen LogP contribution in [0.25, 0.3) is 0 Å². The topological polar surface area (TPSA) is 69.6 Å². The number of aliphatic hydroxyl groups is 1. The molecule has 1 saturated heterocycles. The second-order valence-corrected chi connectivity index (χ2v) is 5.60. The maximum absolute atomic E-state index is 12.5. The number of anilines is 1. The minimum absolute atomic E-state index is 0.0887. The summed E-state index contributed by atoms with van der Waals surface area (Å²) in [4.78, 5) is 14.3. The summed E-state index contributed by atoms with van der Waals surface area (Å²) < 4.78 is 37.6. The van der Waals surface area contributed by atoms with Gasteiger partial charge in [-0.25, -0.2) is 9.69 Å². The van der Waals surface area contributed by atoms with Crippen LogP contribution >= 0.6 is 11.3 Å². The number of halogens is 3. The highest BCUT2D eigenvalue weighted by Gasteiger charge is 2.43. The largest absolute Gasteiger partial charge is 0.445 e. The van der Waals surface area contributed by atoms with E-state index in [-0.39, 0.29) is 23.0 Å². The summed E-state index contributed by atoms with van der Waals surface area (Å²) in [6.07, 6.45) is 0.679. The molecule has 0 radical (unpaired) electrons. The summed E-state index contributed by atoms with van der Waals surface area (Å²) in [5.74, 6) is 2.45. The van der Waals surface area contributed by atoms with E-state index in [0.29, 0.717) is 6.42 Å². The zero-order valence-corrected chi connectivity index (χ0v) is 12.4. The van der Waals surface area contributed by atoms with Crippen LogP contribution in [0.1, 0.15) is 24.8 Å². The smallest absolute Gasteiger partial charge is 0.371 e. The first-order valence-corrected chi connectivity index (χ1v) is 7.26. The third-order valence-corrected chi connectivity index (χ3v) is 4.07. The molecular formula is C12H13F3N4O2S. The minimum Gasteiger partial charge on any atom is -0.371 e. The molecule has 1 aromatic heterocycles. The average molecular weight is 334 g/mol. The number of hydrogen-bond donors (Lipinski definition) is 1. The zero-order chi connectivity index (χ0) is 16.5. The molecule has 22 heavy (non-hydrogen) atoms. The van der Waals surface area contributed by atoms with E-state index in [1.165, 1.54) is 4.90 Å². The van der Waals surface area contributed by atoms with Crippen LogP contribution in [0.3, 0.4) is 0 Å². The van der Waals surface area contributed by atoms with Gasteiger partial charge in [-0.2, -0.15) is 13.2 Å². The molecular weight excluding hydrogens is 321 g/mol. The first-order valence-electron chi connectivity index (χ1n) is 6.44. The molecule has 0 aliphatic carbocycles. The molecule has 1 fully saturated rings. The van der Waals surface area contributed by atoms with Gasteiger partial charge in [0.05, 0.1) is 12.6 Å². The molecule has 0 bridgehead atoms. The van der Waals surface area contributed by atoms with Crippen molar-refractivity contribution in [3.63, 3.8) is 0 Å². The van der Waals surface area contributed by atoms with E-state index in [1.807, 2.05) is 6.92 Å². The number of aromatic nitrogens is 2. The van der Waals surface area contributed by atoms with Gasteiger partial charge in [0.2, 0.25) is 10.1 Å². The van der Waals surface area contributed by atoms with E-state index >= 15 is 0 Å². The van der Waals surface area contributed by atoms with Crippen LogP contribution in [-0.4, -0.2) is 45.0 Å². The fraction of sp³-hybridized carbons (Fsp3) is 0.583. The molecule has 0 spiro atoms. The first kappa shape index (κ1) is 16.5. The third kappa shape index (κ3) is 3.00. The number of urea groups is 1. The number of amides is 2. The molecule has 1 aliphatic heterocycles. The van der Waals surface area contributed by atoms with Gasteiger partial charge in [0.25, 0.3) is 0 Å². The molecule has 120 valence electrons. The highest BCUT2D eigenvalue weighted by Crippen LogP contribution is 2.36. The Kier molecular flexibility index (Phi) is 4.58. The Hall–Kier alpha value is -1.86. The second-order valence-electron chi connectivity index (χ2n) is 4.64. The second kappa shape index (κ2) is 6.10. The Labute approximate surface area is 128 Å². The fourth-order valence-electron chi connectivity index (χ4n) is 2.10. The maximum atomic E-state index is 12.5. The highest BCUT2D eigenvalue weighted by molar-refractivity contribution is 7.15. The Morgan fingerprint density at radius 3 is 2.73 bits per heavy atom. The van der Waals surface area contributed by atoms with Crippen LogP contribution in [0, 0.1) is 12.3 Å².